The summed E-state index contributed by atoms with van der Waals surface area (Å²) in [5.41, 5.74) is -6.08. The minimum atomic E-state index is -1.37. The zero-order valence-corrected chi connectivity index (χ0v) is 72.2. The number of nitrogens with one attached hydrogen (secondary N) is 7. The van der Waals surface area contributed by atoms with Crippen molar-refractivity contribution in [1.29, 1.82) is 0 Å². The molecule has 626 valence electrons. The normalized spacial score (nSPS) is 14.1. The predicted molar refractivity (Wildman–Crippen MR) is 431 cm³/mol. The van der Waals surface area contributed by atoms with Crippen LogP contribution in [-0.4, -0.2) is 245 Å². The molecule has 6 atom stereocenters. The van der Waals surface area contributed by atoms with Crippen molar-refractivity contribution in [2.75, 3.05) is 155 Å². The molecule has 0 saturated carbocycles. The van der Waals surface area contributed by atoms with E-state index in [-0.39, 0.29) is 174 Å². The maximum atomic E-state index is 15.4. The standard InChI is InChI=1S/C83H155N11O14/c1-25-31-32-86-77(105)66(50-72(100)84-33-37-93(21)41-39-91(17)18)54-82(13,14)69(97)46-64(76(104)87-34-38-94(22)42-40-92(19)20)51-79(7,8)56-67(95)62(48-73(101)89-57-59(26-2)27-3)52-80(9,10)70(98)47-65(78(106)90-58-60(28-4)29-5)55-83(15,16)74(102)63(49-71(99)85-35-43-107-23)53-81(11,12)68(96)45-61(30-6)75(103)88-36-44-108-24/h59-66H,25-58H2,1-24H3,(H,84,100)(H,85,99)(H,86,105)(H,87,104)(H,88,103)(H,89,101)(H,90,106). The number of rotatable bonds is 64. The first-order valence-electron chi connectivity index (χ1n) is 40.6. The second kappa shape index (κ2) is 52.6. The Hall–Kier alpha value is -5.60. The van der Waals surface area contributed by atoms with Gasteiger partial charge in [0, 0.05) is 201 Å². The van der Waals surface area contributed by atoms with Crippen LogP contribution in [0.25, 0.3) is 0 Å². The minimum Gasteiger partial charge on any atom is -0.383 e. The molecule has 25 heteroatoms. The van der Waals surface area contributed by atoms with Gasteiger partial charge in [0.05, 0.1) is 13.2 Å². The highest BCUT2D eigenvalue weighted by Gasteiger charge is 2.46. The van der Waals surface area contributed by atoms with Gasteiger partial charge in [0.25, 0.3) is 0 Å². The van der Waals surface area contributed by atoms with Gasteiger partial charge in [0.1, 0.15) is 28.9 Å². The van der Waals surface area contributed by atoms with Gasteiger partial charge in [-0.15, -0.1) is 0 Å². The van der Waals surface area contributed by atoms with Crippen molar-refractivity contribution in [3.05, 3.63) is 0 Å². The summed E-state index contributed by atoms with van der Waals surface area (Å²) in [6.45, 7) is 36.4. The summed E-state index contributed by atoms with van der Waals surface area (Å²) in [4.78, 5) is 182. The lowest BCUT2D eigenvalue weighted by atomic mass is 9.67. The Labute approximate surface area is 653 Å². The first kappa shape index (κ1) is 102. The zero-order valence-electron chi connectivity index (χ0n) is 72.2. The highest BCUT2D eigenvalue weighted by molar-refractivity contribution is 5.96. The third-order valence-corrected chi connectivity index (χ3v) is 21.8. The number of ketones is 5. The summed E-state index contributed by atoms with van der Waals surface area (Å²) >= 11 is 0. The number of likely N-dealkylation sites (N-methyl/N-ethyl adjacent to an activating group) is 4. The van der Waals surface area contributed by atoms with Crippen LogP contribution in [0.2, 0.25) is 0 Å². The third-order valence-electron chi connectivity index (χ3n) is 21.8. The van der Waals surface area contributed by atoms with Gasteiger partial charge in [0.15, 0.2) is 0 Å². The first-order chi connectivity index (χ1) is 50.3. The van der Waals surface area contributed by atoms with Gasteiger partial charge in [-0.2, -0.15) is 0 Å². The fourth-order valence-corrected chi connectivity index (χ4v) is 13.9. The largest absolute Gasteiger partial charge is 0.383 e. The Bertz CT molecular complexity index is 2740. The fourth-order valence-electron chi connectivity index (χ4n) is 13.9. The van der Waals surface area contributed by atoms with E-state index in [0.29, 0.717) is 52.3 Å². The van der Waals surface area contributed by atoms with Crippen LogP contribution in [0.1, 0.15) is 233 Å². The highest BCUT2D eigenvalue weighted by atomic mass is 16.5. The molecule has 108 heavy (non-hydrogen) atoms. The Kier molecular flexibility index (Phi) is 49.9. The van der Waals surface area contributed by atoms with E-state index in [1.165, 1.54) is 14.2 Å². The Morgan fingerprint density at radius 1 is 0.343 bits per heavy atom. The molecule has 0 aliphatic rings. The molecule has 7 amide bonds. The number of carbonyl (C=O) groups excluding carboxylic acids is 12. The lowest BCUT2D eigenvalue weighted by Gasteiger charge is -2.36. The molecule has 25 nitrogen and oxygen atoms in total. The Morgan fingerprint density at radius 2 is 0.685 bits per heavy atom. The molecule has 0 saturated heterocycles. The summed E-state index contributed by atoms with van der Waals surface area (Å²) in [5.74, 6) is -9.55. The molecule has 0 aliphatic carbocycles. The van der Waals surface area contributed by atoms with Gasteiger partial charge in [-0.25, -0.2) is 0 Å². The SMILES string of the molecule is CCCCNC(=O)C(CC(=O)NCCN(C)CCN(C)C)CC(C)(C)C(=O)CC(CC(C)(C)CC(=O)C(CC(=O)NCC(CC)CC)CC(C)(C)C(=O)CC(CC(C)(C)C(=O)C(CC(=O)NCCOC)CC(C)(C)C(=O)CC(CC)C(=O)NCCOC)C(=O)NCC(CC)CC)C(=O)NCCN(C)CCN(C)C. The molecule has 0 aliphatic heterocycles. The second-order valence-corrected chi connectivity index (χ2v) is 34.9. The van der Waals surface area contributed by atoms with Gasteiger partial charge in [-0.1, -0.05) is 143 Å². The maximum Gasteiger partial charge on any atom is 0.223 e. The maximum absolute atomic E-state index is 15.4. The summed E-state index contributed by atoms with van der Waals surface area (Å²) in [7, 11) is 14.9. The Balaban J connectivity index is 7.81. The zero-order chi connectivity index (χ0) is 82.8. The van der Waals surface area contributed by atoms with E-state index in [4.69, 9.17) is 9.47 Å². The van der Waals surface area contributed by atoms with E-state index in [1.807, 2.05) is 97.7 Å². The number of amides is 7. The number of methoxy groups -OCH3 is 2. The van der Waals surface area contributed by atoms with E-state index in [1.54, 1.807) is 55.4 Å². The number of ether oxygens (including phenoxy) is 2. The molecular formula is C83H155N11O14. The topological polar surface area (TPSA) is 320 Å². The van der Waals surface area contributed by atoms with Crippen LogP contribution in [0.3, 0.4) is 0 Å². The quantitative estimate of drug-likeness (QED) is 0.0281. The van der Waals surface area contributed by atoms with Gasteiger partial charge in [-0.05, 0) is 104 Å². The smallest absolute Gasteiger partial charge is 0.223 e. The molecule has 0 aromatic carbocycles. The molecule has 0 heterocycles. The van der Waals surface area contributed by atoms with Crippen LogP contribution < -0.4 is 37.2 Å². The molecule has 0 spiro atoms. The van der Waals surface area contributed by atoms with Gasteiger partial charge in [-0.3, -0.25) is 57.5 Å². The van der Waals surface area contributed by atoms with Crippen LogP contribution >= 0.6 is 0 Å². The van der Waals surface area contributed by atoms with Crippen LogP contribution in [-0.2, 0) is 67.0 Å². The van der Waals surface area contributed by atoms with Gasteiger partial charge < -0.3 is 66.3 Å². The minimum absolute atomic E-state index is 0.0285. The van der Waals surface area contributed by atoms with Crippen molar-refractivity contribution in [3.8, 4) is 0 Å². The van der Waals surface area contributed by atoms with Crippen LogP contribution in [0.5, 0.6) is 0 Å². The van der Waals surface area contributed by atoms with Crippen molar-refractivity contribution in [2.24, 2.45) is 74.4 Å². The monoisotopic (exact) mass is 1530 g/mol. The summed E-state index contributed by atoms with van der Waals surface area (Å²) in [6.07, 6.45) is 3.42. The first-order valence-corrected chi connectivity index (χ1v) is 40.6. The van der Waals surface area contributed by atoms with Crippen LogP contribution in [0.15, 0.2) is 0 Å². The number of hydrogen-bond acceptors (Lipinski definition) is 18. The van der Waals surface area contributed by atoms with E-state index >= 15 is 19.2 Å². The van der Waals surface area contributed by atoms with Crippen molar-refractivity contribution in [3.63, 3.8) is 0 Å². The van der Waals surface area contributed by atoms with Crippen LogP contribution in [0, 0.1) is 74.4 Å². The second-order valence-electron chi connectivity index (χ2n) is 34.9. The van der Waals surface area contributed by atoms with Gasteiger partial charge >= 0.3 is 0 Å². The molecule has 0 rings (SSSR count). The summed E-state index contributed by atoms with van der Waals surface area (Å²) in [6, 6.07) is 0. The number of carbonyl (C=O) groups is 12. The van der Waals surface area contributed by atoms with Crippen LogP contribution in [0.4, 0.5) is 0 Å². The fraction of sp³-hybridized carbons (Fsp3) is 0.855. The van der Waals surface area contributed by atoms with Gasteiger partial charge in [0.2, 0.25) is 41.4 Å². The van der Waals surface area contributed by atoms with E-state index in [9.17, 15) is 38.4 Å². The molecule has 0 radical (unpaired) electrons. The number of Topliss-reactive ketones (excluding diaryl/α,β-unsaturated/α-hetero) is 5. The molecule has 6 unspecified atom stereocenters. The van der Waals surface area contributed by atoms with E-state index in [2.05, 4.69) is 56.8 Å². The third kappa shape index (κ3) is 42.2. The molecule has 0 fully saturated rings. The average molecular weight is 1530 g/mol. The molecule has 0 aromatic heterocycles. The van der Waals surface area contributed by atoms with E-state index < -0.39 is 74.4 Å². The number of unbranched alkanes of at least 4 members (excludes halogenated alkanes) is 1. The van der Waals surface area contributed by atoms with Crippen molar-refractivity contribution < 1.29 is 67.0 Å². The molecule has 0 bridgehead atoms. The summed E-state index contributed by atoms with van der Waals surface area (Å²) < 4.78 is 10.3. The Morgan fingerprint density at radius 3 is 1.14 bits per heavy atom. The molecule has 0 aromatic rings. The number of hydrogen-bond donors (Lipinski definition) is 7. The molecular weight excluding hydrogens is 1370 g/mol. The highest BCUT2D eigenvalue weighted by Crippen LogP contribution is 2.42. The lowest BCUT2D eigenvalue weighted by Crippen LogP contribution is -2.44. The predicted octanol–water partition coefficient (Wildman–Crippen LogP) is 8.52. The van der Waals surface area contributed by atoms with Crippen molar-refractivity contribution in [2.45, 2.75) is 233 Å². The van der Waals surface area contributed by atoms with E-state index in [0.717, 1.165) is 64.7 Å². The average Bonchev–Trinajstić information content (AvgIpc) is 0.822. The van der Waals surface area contributed by atoms with Crippen molar-refractivity contribution >= 4 is 70.3 Å². The number of nitrogens with zero attached hydrogens (tertiary/aromatic N) is 4. The lowest BCUT2D eigenvalue weighted by molar-refractivity contribution is -0.142. The summed E-state index contributed by atoms with van der Waals surface area (Å²) in [5, 5.41) is 20.8. The molecule has 7 N–H and O–H groups in total. The van der Waals surface area contributed by atoms with Crippen molar-refractivity contribution in [1.82, 2.24) is 56.8 Å².